The first-order valence-corrected chi connectivity index (χ1v) is 9.66. The van der Waals surface area contributed by atoms with Crippen LogP contribution in [0.5, 0.6) is 0 Å². The lowest BCUT2D eigenvalue weighted by atomic mass is 9.78. The molecular formula is C16H25N5O2S. The number of hydrogen-bond donors (Lipinski definition) is 2. The Bertz CT molecular complexity index is 601. The Morgan fingerprint density at radius 3 is 2.83 bits per heavy atom. The van der Waals surface area contributed by atoms with Crippen molar-refractivity contribution in [1.82, 2.24) is 25.4 Å². The number of nitrogens with zero attached hydrogens (tertiary/aromatic N) is 3. The molecule has 0 spiro atoms. The fourth-order valence-electron chi connectivity index (χ4n) is 3.22. The number of hydrogen-bond acceptors (Lipinski definition) is 5. The maximum Gasteiger partial charge on any atom is 0.321 e. The number of imide groups is 1. The molecule has 2 aliphatic rings. The highest BCUT2D eigenvalue weighted by molar-refractivity contribution is 7.99. The summed E-state index contributed by atoms with van der Waals surface area (Å²) in [6.07, 6.45) is 7.29. The van der Waals surface area contributed by atoms with E-state index < -0.39 is 6.03 Å². The van der Waals surface area contributed by atoms with E-state index in [1.165, 1.54) is 18.2 Å². The minimum atomic E-state index is -0.393. The summed E-state index contributed by atoms with van der Waals surface area (Å²) in [5.41, 5.74) is 0. The molecule has 132 valence electrons. The Morgan fingerprint density at radius 2 is 2.08 bits per heavy atom. The van der Waals surface area contributed by atoms with Crippen LogP contribution in [0.3, 0.4) is 0 Å². The van der Waals surface area contributed by atoms with E-state index >= 15 is 0 Å². The van der Waals surface area contributed by atoms with Crippen LogP contribution >= 0.6 is 11.8 Å². The Morgan fingerprint density at radius 1 is 1.29 bits per heavy atom. The summed E-state index contributed by atoms with van der Waals surface area (Å²) < 4.78 is 2.00. The molecule has 2 saturated carbocycles. The quantitative estimate of drug-likeness (QED) is 0.795. The summed E-state index contributed by atoms with van der Waals surface area (Å²) in [5.74, 6) is 0.893. The average molecular weight is 351 g/mol. The number of rotatable bonds is 5. The molecule has 0 aliphatic heterocycles. The lowest BCUT2D eigenvalue weighted by Crippen LogP contribution is -2.49. The van der Waals surface area contributed by atoms with Gasteiger partial charge in [0.25, 0.3) is 0 Å². The zero-order valence-electron chi connectivity index (χ0n) is 14.2. The monoisotopic (exact) mass is 351 g/mol. The second-order valence-corrected chi connectivity index (χ2v) is 7.88. The molecule has 2 fully saturated rings. The molecule has 0 saturated heterocycles. The molecule has 1 aromatic rings. The van der Waals surface area contributed by atoms with Gasteiger partial charge in [0.15, 0.2) is 5.16 Å². The van der Waals surface area contributed by atoms with Crippen LogP contribution in [0.15, 0.2) is 11.5 Å². The van der Waals surface area contributed by atoms with Gasteiger partial charge in [-0.25, -0.2) is 4.79 Å². The molecule has 7 nitrogen and oxygen atoms in total. The van der Waals surface area contributed by atoms with E-state index in [2.05, 4.69) is 34.7 Å². The van der Waals surface area contributed by atoms with Crippen molar-refractivity contribution in [2.24, 2.45) is 11.8 Å². The van der Waals surface area contributed by atoms with Crippen LogP contribution < -0.4 is 10.6 Å². The smallest absolute Gasteiger partial charge is 0.321 e. The molecule has 1 heterocycles. The van der Waals surface area contributed by atoms with Crippen LogP contribution in [-0.2, 0) is 4.79 Å². The van der Waals surface area contributed by atoms with E-state index in [1.54, 1.807) is 6.33 Å². The standard InChI is InChI=1S/C16H25N5O2S/c1-10-4-3-5-13(11(10)2)18-15(23)19-14(22)8-24-16-20-17-9-21(16)12-6-7-12/h9-13H,3-8H2,1-2H3,(H2,18,19,22,23)/t10-,11+,13-/m1/s1. The zero-order chi connectivity index (χ0) is 17.1. The van der Waals surface area contributed by atoms with Gasteiger partial charge in [0, 0.05) is 12.1 Å². The predicted molar refractivity (Wildman–Crippen MR) is 91.7 cm³/mol. The number of aromatic nitrogens is 3. The van der Waals surface area contributed by atoms with Crippen LogP contribution in [0, 0.1) is 11.8 Å². The Kier molecular flexibility index (Phi) is 5.43. The third kappa shape index (κ3) is 4.28. The maximum atomic E-state index is 12.0. The summed E-state index contributed by atoms with van der Waals surface area (Å²) in [7, 11) is 0. The van der Waals surface area contributed by atoms with E-state index in [0.29, 0.717) is 17.9 Å². The number of urea groups is 1. The molecule has 3 rings (SSSR count). The summed E-state index contributed by atoms with van der Waals surface area (Å²) in [4.78, 5) is 24.0. The van der Waals surface area contributed by atoms with Crippen LogP contribution in [0.4, 0.5) is 4.79 Å². The average Bonchev–Trinajstić information content (AvgIpc) is 3.28. The number of carbonyl (C=O) groups excluding carboxylic acids is 2. The van der Waals surface area contributed by atoms with Crippen molar-refractivity contribution in [3.8, 4) is 0 Å². The molecule has 24 heavy (non-hydrogen) atoms. The van der Waals surface area contributed by atoms with Gasteiger partial charge < -0.3 is 9.88 Å². The molecule has 2 N–H and O–H groups in total. The number of nitrogens with one attached hydrogen (secondary N) is 2. The third-order valence-electron chi connectivity index (χ3n) is 5.09. The van der Waals surface area contributed by atoms with Crippen molar-refractivity contribution in [3.63, 3.8) is 0 Å². The number of amides is 3. The van der Waals surface area contributed by atoms with E-state index in [0.717, 1.165) is 30.8 Å². The van der Waals surface area contributed by atoms with Crippen molar-refractivity contribution in [2.75, 3.05) is 5.75 Å². The lowest BCUT2D eigenvalue weighted by molar-refractivity contribution is -0.117. The highest BCUT2D eigenvalue weighted by Gasteiger charge is 2.29. The molecule has 2 aliphatic carbocycles. The molecular weight excluding hydrogens is 326 g/mol. The second kappa shape index (κ2) is 7.55. The third-order valence-corrected chi connectivity index (χ3v) is 6.05. The van der Waals surface area contributed by atoms with E-state index in [4.69, 9.17) is 0 Å². The van der Waals surface area contributed by atoms with Gasteiger partial charge in [-0.2, -0.15) is 0 Å². The van der Waals surface area contributed by atoms with Gasteiger partial charge in [0.2, 0.25) is 5.91 Å². The summed E-state index contributed by atoms with van der Waals surface area (Å²) >= 11 is 1.32. The maximum absolute atomic E-state index is 12.0. The first-order valence-electron chi connectivity index (χ1n) is 8.67. The molecule has 8 heteroatoms. The van der Waals surface area contributed by atoms with Crippen LogP contribution in [0.25, 0.3) is 0 Å². The summed E-state index contributed by atoms with van der Waals surface area (Å²) in [6.45, 7) is 4.38. The topological polar surface area (TPSA) is 88.9 Å². The first-order chi connectivity index (χ1) is 11.5. The first kappa shape index (κ1) is 17.3. The predicted octanol–water partition coefficient (Wildman–Crippen LogP) is 2.36. The summed E-state index contributed by atoms with van der Waals surface area (Å²) in [5, 5.41) is 14.0. The van der Waals surface area contributed by atoms with E-state index in [-0.39, 0.29) is 17.7 Å². The molecule has 0 aromatic carbocycles. The highest BCUT2D eigenvalue weighted by Crippen LogP contribution is 2.37. The van der Waals surface area contributed by atoms with Crippen molar-refractivity contribution in [2.45, 2.75) is 63.2 Å². The molecule has 0 unspecified atom stereocenters. The fourth-order valence-corrected chi connectivity index (χ4v) is 4.00. The van der Waals surface area contributed by atoms with Crippen molar-refractivity contribution in [3.05, 3.63) is 6.33 Å². The van der Waals surface area contributed by atoms with Gasteiger partial charge in [-0.05, 0) is 31.1 Å². The largest absolute Gasteiger partial charge is 0.335 e. The second-order valence-electron chi connectivity index (χ2n) is 6.94. The van der Waals surface area contributed by atoms with Gasteiger partial charge >= 0.3 is 6.03 Å². The lowest BCUT2D eigenvalue weighted by Gasteiger charge is -2.34. The van der Waals surface area contributed by atoms with Crippen LogP contribution in [-0.4, -0.2) is 38.5 Å². The molecule has 3 amide bonds. The molecule has 0 bridgehead atoms. The van der Waals surface area contributed by atoms with Crippen molar-refractivity contribution < 1.29 is 9.59 Å². The van der Waals surface area contributed by atoms with Gasteiger partial charge in [0.1, 0.15) is 6.33 Å². The Balaban J connectivity index is 1.42. The van der Waals surface area contributed by atoms with Crippen LogP contribution in [0.2, 0.25) is 0 Å². The van der Waals surface area contributed by atoms with Gasteiger partial charge in [-0.15, -0.1) is 10.2 Å². The van der Waals surface area contributed by atoms with Gasteiger partial charge in [-0.3, -0.25) is 10.1 Å². The normalized spacial score (nSPS) is 26.8. The van der Waals surface area contributed by atoms with E-state index in [1.807, 2.05) is 4.57 Å². The SMILES string of the molecule is C[C@H]1[C@H](C)CCC[C@H]1NC(=O)NC(=O)CSc1nncn1C1CC1. The van der Waals surface area contributed by atoms with Gasteiger partial charge in [-0.1, -0.05) is 38.5 Å². The number of carbonyl (C=O) groups is 2. The Hall–Kier alpha value is -1.57. The van der Waals surface area contributed by atoms with Gasteiger partial charge in [0.05, 0.1) is 5.75 Å². The van der Waals surface area contributed by atoms with Crippen molar-refractivity contribution in [1.29, 1.82) is 0 Å². The molecule has 1 aromatic heterocycles. The van der Waals surface area contributed by atoms with Crippen LogP contribution in [0.1, 0.15) is 52.0 Å². The fraction of sp³-hybridized carbons (Fsp3) is 0.750. The summed E-state index contributed by atoms with van der Waals surface area (Å²) in [6, 6.07) is 0.228. The molecule has 3 atom stereocenters. The minimum Gasteiger partial charge on any atom is -0.335 e. The minimum absolute atomic E-state index is 0.146. The Labute approximate surface area is 146 Å². The van der Waals surface area contributed by atoms with Crippen molar-refractivity contribution >= 4 is 23.7 Å². The molecule has 0 radical (unpaired) electrons. The van der Waals surface area contributed by atoms with E-state index in [9.17, 15) is 9.59 Å². The highest BCUT2D eigenvalue weighted by atomic mass is 32.2. The zero-order valence-corrected chi connectivity index (χ0v) is 15.0. The number of thioether (sulfide) groups is 1.